The number of amides is 1. The normalized spacial score (nSPS) is 23.3. The molecule has 0 aromatic carbocycles. The lowest BCUT2D eigenvalue weighted by Crippen LogP contribution is -2.48. The molecule has 104 valence electrons. The number of hydrogen-bond donors (Lipinski definition) is 3. The Balaban J connectivity index is 2.12. The molecule has 2 rings (SSSR count). The Morgan fingerprint density at radius 2 is 2.16 bits per heavy atom. The van der Waals surface area contributed by atoms with Crippen LogP contribution in [0, 0.1) is 11.8 Å². The van der Waals surface area contributed by atoms with Crippen LogP contribution in [0.3, 0.4) is 0 Å². The molecule has 0 aliphatic carbocycles. The second-order valence-electron chi connectivity index (χ2n) is 5.32. The van der Waals surface area contributed by atoms with Gasteiger partial charge in [0.25, 0.3) is 0 Å². The minimum atomic E-state index is -0.286. The van der Waals surface area contributed by atoms with Crippen molar-refractivity contribution in [3.8, 4) is 0 Å². The van der Waals surface area contributed by atoms with Crippen LogP contribution in [0.2, 0.25) is 0 Å². The number of Topliss-reactive ketones (excluding diaryl/α,β-unsaturated/α-hetero) is 1. The van der Waals surface area contributed by atoms with Gasteiger partial charge in [0.1, 0.15) is 0 Å². The summed E-state index contributed by atoms with van der Waals surface area (Å²) in [6.45, 7) is 5.21. The van der Waals surface area contributed by atoms with E-state index in [0.717, 1.165) is 6.54 Å². The number of carbonyl (C=O) groups is 2. The molecule has 0 radical (unpaired) electrons. The van der Waals surface area contributed by atoms with Gasteiger partial charge in [-0.15, -0.1) is 0 Å². The molecule has 0 bridgehead atoms. The van der Waals surface area contributed by atoms with Gasteiger partial charge in [-0.05, 0) is 38.9 Å². The van der Waals surface area contributed by atoms with Gasteiger partial charge in [-0.3, -0.25) is 9.59 Å². The summed E-state index contributed by atoms with van der Waals surface area (Å²) in [7, 11) is 0. The van der Waals surface area contributed by atoms with Crippen LogP contribution < -0.4 is 10.6 Å². The quantitative estimate of drug-likeness (QED) is 0.708. The first kappa shape index (κ1) is 13.8. The van der Waals surface area contributed by atoms with Crippen molar-refractivity contribution in [1.82, 2.24) is 15.6 Å². The molecule has 1 aromatic heterocycles. The van der Waals surface area contributed by atoms with E-state index >= 15 is 0 Å². The molecule has 1 aliphatic heterocycles. The second kappa shape index (κ2) is 6.02. The summed E-state index contributed by atoms with van der Waals surface area (Å²) < 4.78 is 0. The average molecular weight is 263 g/mol. The molecule has 1 saturated heterocycles. The fraction of sp³-hybridized carbons (Fsp3) is 0.571. The number of carbonyl (C=O) groups excluding carboxylic acids is 2. The van der Waals surface area contributed by atoms with Crippen molar-refractivity contribution >= 4 is 11.7 Å². The number of ketones is 1. The van der Waals surface area contributed by atoms with E-state index in [4.69, 9.17) is 0 Å². The van der Waals surface area contributed by atoms with E-state index in [1.807, 2.05) is 13.8 Å². The fourth-order valence-corrected chi connectivity index (χ4v) is 2.52. The highest BCUT2D eigenvalue weighted by Crippen LogP contribution is 2.23. The molecule has 2 unspecified atom stereocenters. The minimum Gasteiger partial charge on any atom is -0.359 e. The highest BCUT2D eigenvalue weighted by Gasteiger charge is 2.36. The molecule has 1 aromatic rings. The van der Waals surface area contributed by atoms with Crippen LogP contribution in [0.4, 0.5) is 0 Å². The van der Waals surface area contributed by atoms with Gasteiger partial charge in [0.05, 0.1) is 11.6 Å². The van der Waals surface area contributed by atoms with Crippen LogP contribution in [0.25, 0.3) is 0 Å². The Bertz CT molecular complexity index is 440. The first-order chi connectivity index (χ1) is 9.09. The average Bonchev–Trinajstić information content (AvgIpc) is 2.91. The molecule has 3 N–H and O–H groups in total. The maximum absolute atomic E-state index is 12.4. The summed E-state index contributed by atoms with van der Waals surface area (Å²) in [5.74, 6) is -0.520. The van der Waals surface area contributed by atoms with Crippen LogP contribution in [0.1, 0.15) is 30.8 Å². The summed E-state index contributed by atoms with van der Waals surface area (Å²) in [5.41, 5.74) is 0.580. The van der Waals surface area contributed by atoms with Crippen LogP contribution in [-0.2, 0) is 4.79 Å². The second-order valence-corrected chi connectivity index (χ2v) is 5.32. The van der Waals surface area contributed by atoms with Gasteiger partial charge in [0.2, 0.25) is 5.91 Å². The van der Waals surface area contributed by atoms with Crippen molar-refractivity contribution in [3.05, 3.63) is 24.0 Å². The van der Waals surface area contributed by atoms with E-state index in [9.17, 15) is 9.59 Å². The fourth-order valence-electron chi connectivity index (χ4n) is 2.52. The van der Waals surface area contributed by atoms with Gasteiger partial charge in [-0.25, -0.2) is 0 Å². The lowest BCUT2D eigenvalue weighted by Gasteiger charge is -2.30. The van der Waals surface area contributed by atoms with E-state index in [1.54, 1.807) is 18.3 Å². The highest BCUT2D eigenvalue weighted by molar-refractivity contribution is 5.99. The van der Waals surface area contributed by atoms with E-state index in [-0.39, 0.29) is 29.6 Å². The topological polar surface area (TPSA) is 74.0 Å². The molecule has 5 heteroatoms. The van der Waals surface area contributed by atoms with Crippen molar-refractivity contribution < 1.29 is 9.59 Å². The van der Waals surface area contributed by atoms with Crippen LogP contribution in [0.5, 0.6) is 0 Å². The van der Waals surface area contributed by atoms with Crippen molar-refractivity contribution in [1.29, 1.82) is 0 Å². The molecular formula is C14H21N3O2. The van der Waals surface area contributed by atoms with Crippen molar-refractivity contribution in [2.24, 2.45) is 11.8 Å². The molecule has 2 atom stereocenters. The molecule has 1 aliphatic rings. The maximum Gasteiger partial charge on any atom is 0.224 e. The predicted octanol–water partition coefficient (Wildman–Crippen LogP) is 0.948. The van der Waals surface area contributed by atoms with E-state index in [1.165, 1.54) is 0 Å². The molecule has 2 heterocycles. The molecule has 0 saturated carbocycles. The van der Waals surface area contributed by atoms with Crippen LogP contribution in [-0.4, -0.2) is 35.8 Å². The molecule has 0 spiro atoms. The van der Waals surface area contributed by atoms with Crippen molar-refractivity contribution in [2.75, 3.05) is 13.1 Å². The number of H-pyrrole nitrogens is 1. The van der Waals surface area contributed by atoms with Crippen molar-refractivity contribution in [3.63, 3.8) is 0 Å². The smallest absolute Gasteiger partial charge is 0.224 e. The highest BCUT2D eigenvalue weighted by atomic mass is 16.2. The molecule has 5 nitrogen and oxygen atoms in total. The molecular weight excluding hydrogens is 242 g/mol. The number of aromatic nitrogens is 1. The zero-order valence-corrected chi connectivity index (χ0v) is 11.4. The number of aromatic amines is 1. The Morgan fingerprint density at radius 3 is 2.79 bits per heavy atom. The van der Waals surface area contributed by atoms with Gasteiger partial charge < -0.3 is 15.6 Å². The Labute approximate surface area is 113 Å². The minimum absolute atomic E-state index is 0.0126. The summed E-state index contributed by atoms with van der Waals surface area (Å²) in [6.07, 6.45) is 2.43. The van der Waals surface area contributed by atoms with Gasteiger partial charge in [0.15, 0.2) is 5.78 Å². The summed E-state index contributed by atoms with van der Waals surface area (Å²) in [4.78, 5) is 27.5. The largest absolute Gasteiger partial charge is 0.359 e. The molecule has 1 amide bonds. The van der Waals surface area contributed by atoms with Crippen molar-refractivity contribution in [2.45, 2.75) is 26.3 Å². The lowest BCUT2D eigenvalue weighted by molar-refractivity contribution is -0.127. The van der Waals surface area contributed by atoms with Gasteiger partial charge in [-0.2, -0.15) is 0 Å². The zero-order valence-electron chi connectivity index (χ0n) is 11.4. The Hall–Kier alpha value is -1.62. The third-order valence-electron chi connectivity index (χ3n) is 3.45. The third-order valence-corrected chi connectivity index (χ3v) is 3.45. The van der Waals surface area contributed by atoms with E-state index in [0.29, 0.717) is 18.7 Å². The summed E-state index contributed by atoms with van der Waals surface area (Å²) in [6, 6.07) is 3.66. The van der Waals surface area contributed by atoms with Gasteiger partial charge in [-0.1, -0.05) is 0 Å². The molecule has 19 heavy (non-hydrogen) atoms. The maximum atomic E-state index is 12.4. The first-order valence-electron chi connectivity index (χ1n) is 6.78. The van der Waals surface area contributed by atoms with Gasteiger partial charge in [0, 0.05) is 24.7 Å². The SMILES string of the molecule is CC(C)NC(=O)C1CCNCC1C(=O)c1ccc[nH]1. The standard InChI is InChI=1S/C14H21N3O2/c1-9(2)17-14(19)10-5-7-15-8-11(10)13(18)12-4-3-6-16-12/h3-4,6,9-11,15-16H,5,7-8H2,1-2H3,(H,17,19). The van der Waals surface area contributed by atoms with E-state index < -0.39 is 0 Å². The number of hydrogen-bond acceptors (Lipinski definition) is 3. The first-order valence-corrected chi connectivity index (χ1v) is 6.78. The Kier molecular flexibility index (Phi) is 4.37. The lowest BCUT2D eigenvalue weighted by atomic mass is 9.81. The van der Waals surface area contributed by atoms with Gasteiger partial charge >= 0.3 is 0 Å². The monoisotopic (exact) mass is 263 g/mol. The third kappa shape index (κ3) is 3.23. The number of piperidine rings is 1. The van der Waals surface area contributed by atoms with E-state index in [2.05, 4.69) is 15.6 Å². The predicted molar refractivity (Wildman–Crippen MR) is 72.9 cm³/mol. The molecule has 1 fully saturated rings. The summed E-state index contributed by atoms with van der Waals surface area (Å²) in [5, 5.41) is 6.11. The van der Waals surface area contributed by atoms with Crippen LogP contribution in [0.15, 0.2) is 18.3 Å². The summed E-state index contributed by atoms with van der Waals surface area (Å²) >= 11 is 0. The number of rotatable bonds is 4. The zero-order chi connectivity index (χ0) is 13.8. The Morgan fingerprint density at radius 1 is 1.37 bits per heavy atom. The number of nitrogens with one attached hydrogen (secondary N) is 3. The van der Waals surface area contributed by atoms with Crippen LogP contribution >= 0.6 is 0 Å².